The molecule has 37 heavy (non-hydrogen) atoms. The first-order chi connectivity index (χ1) is 17.9. The van der Waals surface area contributed by atoms with E-state index in [0.29, 0.717) is 27.9 Å². The fourth-order valence-corrected chi connectivity index (χ4v) is 3.33. The first-order valence-corrected chi connectivity index (χ1v) is 11.9. The molecule has 0 radical (unpaired) electrons. The molecule has 4 aromatic rings. The number of allylic oxidation sites excluding steroid dienone is 4. The van der Waals surface area contributed by atoms with E-state index in [4.69, 9.17) is 16.7 Å². The second-order valence-corrected chi connectivity index (χ2v) is 8.11. The summed E-state index contributed by atoms with van der Waals surface area (Å²) in [7, 11) is 0. The van der Waals surface area contributed by atoms with E-state index in [0.717, 1.165) is 24.1 Å². The van der Waals surface area contributed by atoms with Gasteiger partial charge in [-0.15, -0.1) is 4.91 Å². The minimum absolute atomic E-state index is 0.0798. The third kappa shape index (κ3) is 7.71. The Bertz CT molecular complexity index is 1430. The van der Waals surface area contributed by atoms with Gasteiger partial charge in [0, 0.05) is 33.6 Å². The Morgan fingerprint density at radius 3 is 2.46 bits per heavy atom. The first-order valence-electron chi connectivity index (χ1n) is 11.5. The molecule has 4 rings (SSSR count). The van der Waals surface area contributed by atoms with Crippen LogP contribution in [0.4, 0.5) is 5.82 Å². The quantitative estimate of drug-likeness (QED) is 0.146. The highest BCUT2D eigenvalue weighted by atomic mass is 35.5. The summed E-state index contributed by atoms with van der Waals surface area (Å²) in [5.41, 5.74) is 2.56. The molecule has 0 saturated carbocycles. The molecule has 0 aliphatic rings. The largest absolute Gasteiger partial charge is 0.508 e. The summed E-state index contributed by atoms with van der Waals surface area (Å²) in [5.74, 6) is -0.0771. The molecule has 0 unspecified atom stereocenters. The van der Waals surface area contributed by atoms with E-state index in [2.05, 4.69) is 46.2 Å². The van der Waals surface area contributed by atoms with Crippen molar-refractivity contribution < 1.29 is 9.90 Å². The normalized spacial score (nSPS) is 11.1. The van der Waals surface area contributed by atoms with Crippen LogP contribution < -0.4 is 5.32 Å². The Balaban J connectivity index is 0.000000468. The minimum atomic E-state index is -0.955. The van der Waals surface area contributed by atoms with Crippen molar-refractivity contribution in [3.8, 4) is 17.0 Å². The van der Waals surface area contributed by atoms with E-state index in [1.165, 1.54) is 10.6 Å². The van der Waals surface area contributed by atoms with Crippen molar-refractivity contribution >= 4 is 29.0 Å². The molecule has 2 N–H and O–H groups in total. The lowest BCUT2D eigenvalue weighted by Gasteiger charge is -2.11. The van der Waals surface area contributed by atoms with Gasteiger partial charge >= 0.3 is 5.91 Å². The molecule has 0 fully saturated rings. The van der Waals surface area contributed by atoms with Gasteiger partial charge in [-0.2, -0.15) is 9.61 Å². The number of rotatable bonds is 8. The van der Waals surface area contributed by atoms with Gasteiger partial charge in [0.25, 0.3) is 0 Å². The van der Waals surface area contributed by atoms with Crippen molar-refractivity contribution in [3.05, 3.63) is 119 Å². The van der Waals surface area contributed by atoms with Crippen LogP contribution >= 0.6 is 11.6 Å². The van der Waals surface area contributed by atoms with Gasteiger partial charge in [0.2, 0.25) is 0 Å². The highest BCUT2D eigenvalue weighted by Crippen LogP contribution is 2.25. The average Bonchev–Trinajstić information content (AvgIpc) is 3.36. The van der Waals surface area contributed by atoms with Gasteiger partial charge in [0.15, 0.2) is 11.3 Å². The maximum Gasteiger partial charge on any atom is 0.336 e. The lowest BCUT2D eigenvalue weighted by atomic mass is 10.1. The number of para-hydroxylation sites is 1. The maximum atomic E-state index is 11.7. The van der Waals surface area contributed by atoms with Crippen molar-refractivity contribution in [2.45, 2.75) is 19.8 Å². The van der Waals surface area contributed by atoms with E-state index >= 15 is 0 Å². The van der Waals surface area contributed by atoms with E-state index in [9.17, 15) is 9.70 Å². The molecule has 9 heteroatoms. The molecular weight excluding hydrogens is 490 g/mol. The molecule has 8 nitrogen and oxygen atoms in total. The Morgan fingerprint density at radius 1 is 1.14 bits per heavy atom. The van der Waals surface area contributed by atoms with E-state index < -0.39 is 5.91 Å². The van der Waals surface area contributed by atoms with E-state index in [1.54, 1.807) is 48.5 Å². The zero-order valence-corrected chi connectivity index (χ0v) is 21.0. The molecular formula is C28H26ClN5O3. The highest BCUT2D eigenvalue weighted by molar-refractivity contribution is 6.30. The number of aromatic nitrogens is 3. The number of halogens is 1. The van der Waals surface area contributed by atoms with Gasteiger partial charge in [0.05, 0.1) is 5.69 Å². The number of anilines is 1. The van der Waals surface area contributed by atoms with E-state index in [-0.39, 0.29) is 5.69 Å². The molecule has 0 aliphatic heterocycles. The standard InChI is InChI=1S/C22H20ClN5O2.C6H6O/c1-3-5-6-7-8-17(4-2)24-20-13-18(15-9-11-16(23)12-10-15)25-21-14-19(22(29)27-30)26-28(20)21;7-6-4-2-1-3-5-6/h4-6,8-14,24H,2-3,7H2,1H3;1-5,7H/b6-5-,17-8+;. The Hall–Kier alpha value is -4.56. The second kappa shape index (κ2) is 13.5. The van der Waals surface area contributed by atoms with Crippen molar-refractivity contribution in [2.24, 2.45) is 5.18 Å². The van der Waals surface area contributed by atoms with Crippen LogP contribution in [0.25, 0.3) is 16.9 Å². The SMILES string of the molecule is C=C/C(=C\C/C=C\CC)Nc1cc(-c2ccc(Cl)cc2)nc2cc(C(=O)N=O)nn12.Oc1ccccc1. The minimum Gasteiger partial charge on any atom is -0.508 e. The number of phenols is 1. The van der Waals surface area contributed by atoms with Crippen LogP contribution in [0.1, 0.15) is 30.3 Å². The highest BCUT2D eigenvalue weighted by Gasteiger charge is 2.16. The number of fused-ring (bicyclic) bond motifs is 1. The van der Waals surface area contributed by atoms with Gasteiger partial charge in [0.1, 0.15) is 11.6 Å². The fourth-order valence-electron chi connectivity index (χ4n) is 3.20. The van der Waals surface area contributed by atoms with Gasteiger partial charge in [-0.1, -0.05) is 73.7 Å². The summed E-state index contributed by atoms with van der Waals surface area (Å²) < 4.78 is 1.46. The molecule has 0 aliphatic carbocycles. The van der Waals surface area contributed by atoms with Crippen LogP contribution in [-0.2, 0) is 0 Å². The van der Waals surface area contributed by atoms with Crippen molar-refractivity contribution in [1.29, 1.82) is 0 Å². The van der Waals surface area contributed by atoms with Crippen LogP contribution in [0.3, 0.4) is 0 Å². The molecule has 0 atom stereocenters. The molecule has 1 amide bonds. The van der Waals surface area contributed by atoms with Crippen molar-refractivity contribution in [2.75, 3.05) is 5.32 Å². The van der Waals surface area contributed by atoms with Crippen LogP contribution in [-0.4, -0.2) is 25.6 Å². The molecule has 0 saturated heterocycles. The monoisotopic (exact) mass is 515 g/mol. The van der Waals surface area contributed by atoms with E-state index in [1.807, 2.05) is 24.3 Å². The molecule has 2 aromatic heterocycles. The van der Waals surface area contributed by atoms with Crippen molar-refractivity contribution in [3.63, 3.8) is 0 Å². The number of amides is 1. The number of nitrogens with one attached hydrogen (secondary N) is 1. The van der Waals surface area contributed by atoms with Gasteiger partial charge < -0.3 is 10.4 Å². The lowest BCUT2D eigenvalue weighted by molar-refractivity contribution is 0.0996. The van der Waals surface area contributed by atoms with Gasteiger partial charge in [-0.05, 0) is 43.2 Å². The number of carbonyl (C=O) groups is 1. The van der Waals surface area contributed by atoms with Crippen LogP contribution in [0, 0.1) is 4.91 Å². The second-order valence-electron chi connectivity index (χ2n) is 7.67. The summed E-state index contributed by atoms with van der Waals surface area (Å²) in [6, 6.07) is 19.2. The zero-order valence-electron chi connectivity index (χ0n) is 20.2. The van der Waals surface area contributed by atoms with Crippen LogP contribution in [0.15, 0.2) is 108 Å². The third-order valence-corrected chi connectivity index (χ3v) is 5.25. The van der Waals surface area contributed by atoms with Crippen molar-refractivity contribution in [1.82, 2.24) is 14.6 Å². The van der Waals surface area contributed by atoms with Gasteiger partial charge in [-0.3, -0.25) is 4.79 Å². The fraction of sp³-hybridized carbons (Fsp3) is 0.107. The summed E-state index contributed by atoms with van der Waals surface area (Å²) in [5, 5.41) is 19.1. The number of phenolic OH excluding ortho intramolecular Hbond substituents is 1. The molecule has 2 heterocycles. The van der Waals surface area contributed by atoms with Gasteiger partial charge in [-0.25, -0.2) is 4.98 Å². The third-order valence-electron chi connectivity index (χ3n) is 4.99. The Labute approximate surface area is 219 Å². The Morgan fingerprint density at radius 2 is 1.86 bits per heavy atom. The number of nitrogens with zero attached hydrogens (tertiary/aromatic N) is 4. The number of benzene rings is 2. The number of hydrogen-bond acceptors (Lipinski definition) is 6. The summed E-state index contributed by atoms with van der Waals surface area (Å²) in [4.78, 5) is 26.9. The number of nitroso groups, excluding NO2 is 1. The molecule has 0 spiro atoms. The summed E-state index contributed by atoms with van der Waals surface area (Å²) >= 11 is 5.99. The first kappa shape index (κ1) is 27.0. The summed E-state index contributed by atoms with van der Waals surface area (Å²) in [6.07, 6.45) is 9.52. The van der Waals surface area contributed by atoms with Crippen LogP contribution in [0.2, 0.25) is 5.02 Å². The number of hydrogen-bond donors (Lipinski definition) is 2. The number of carbonyl (C=O) groups excluding carboxylic acids is 1. The summed E-state index contributed by atoms with van der Waals surface area (Å²) in [6.45, 7) is 5.92. The number of aromatic hydroxyl groups is 1. The zero-order chi connectivity index (χ0) is 26.6. The Kier molecular flexibility index (Phi) is 9.87. The average molecular weight is 516 g/mol. The maximum absolute atomic E-state index is 11.7. The predicted molar refractivity (Wildman–Crippen MR) is 148 cm³/mol. The van der Waals surface area contributed by atoms with Crippen LogP contribution in [0.5, 0.6) is 5.75 Å². The molecule has 2 aromatic carbocycles. The predicted octanol–water partition coefficient (Wildman–Crippen LogP) is 7.19. The lowest BCUT2D eigenvalue weighted by Crippen LogP contribution is -2.06. The molecule has 0 bridgehead atoms. The molecule has 188 valence electrons. The smallest absolute Gasteiger partial charge is 0.336 e. The topological polar surface area (TPSA) is 109 Å².